The molecule has 0 spiro atoms. The Bertz CT molecular complexity index is 500. The Morgan fingerprint density at radius 3 is 2.88 bits per heavy atom. The van der Waals surface area contributed by atoms with Crippen LogP contribution in [0.5, 0.6) is 0 Å². The number of rotatable bonds is 4. The summed E-state index contributed by atoms with van der Waals surface area (Å²) in [5, 5.41) is 0. The van der Waals surface area contributed by atoms with Crippen molar-refractivity contribution in [3.8, 4) is 0 Å². The highest BCUT2D eigenvalue weighted by molar-refractivity contribution is 9.11. The lowest BCUT2D eigenvalue weighted by Crippen LogP contribution is -2.30. The van der Waals surface area contributed by atoms with Crippen LogP contribution in [0.25, 0.3) is 0 Å². The van der Waals surface area contributed by atoms with E-state index in [-0.39, 0.29) is 6.04 Å². The summed E-state index contributed by atoms with van der Waals surface area (Å²) < 4.78 is 1.13. The Labute approximate surface area is 112 Å². The Kier molecular flexibility index (Phi) is 4.22. The summed E-state index contributed by atoms with van der Waals surface area (Å²) in [7, 11) is 0. The minimum Gasteiger partial charge on any atom is -0.271 e. The Morgan fingerprint density at radius 2 is 2.29 bits per heavy atom. The molecule has 0 fully saturated rings. The van der Waals surface area contributed by atoms with E-state index >= 15 is 0 Å². The lowest BCUT2D eigenvalue weighted by atomic mass is 10.1. The first-order valence-electron chi connectivity index (χ1n) is 5.19. The predicted molar refractivity (Wildman–Crippen MR) is 72.6 cm³/mol. The van der Waals surface area contributed by atoms with E-state index in [0.29, 0.717) is 0 Å². The van der Waals surface area contributed by atoms with Crippen molar-refractivity contribution in [2.24, 2.45) is 5.84 Å². The Balaban J connectivity index is 2.16. The minimum absolute atomic E-state index is 0.0160. The van der Waals surface area contributed by atoms with Crippen LogP contribution in [0, 0.1) is 6.92 Å². The number of hydrazine groups is 1. The van der Waals surface area contributed by atoms with Crippen molar-refractivity contribution < 1.29 is 0 Å². The number of nitrogens with two attached hydrogens (primary N) is 1. The monoisotopic (exact) mass is 312 g/mol. The molecule has 0 saturated heterocycles. The molecule has 0 saturated carbocycles. The van der Waals surface area contributed by atoms with Crippen molar-refractivity contribution in [1.29, 1.82) is 0 Å². The second-order valence-corrected chi connectivity index (χ2v) is 6.21. The second kappa shape index (κ2) is 5.68. The van der Waals surface area contributed by atoms with Crippen molar-refractivity contribution in [2.45, 2.75) is 19.4 Å². The molecular formula is C11H13BrN4S. The summed E-state index contributed by atoms with van der Waals surface area (Å²) in [6.45, 7) is 1.87. The van der Waals surface area contributed by atoms with E-state index in [9.17, 15) is 0 Å². The fourth-order valence-corrected chi connectivity index (χ4v) is 3.11. The zero-order valence-electron chi connectivity index (χ0n) is 9.35. The van der Waals surface area contributed by atoms with Crippen LogP contribution in [0.4, 0.5) is 0 Å². The third-order valence-electron chi connectivity index (χ3n) is 2.39. The first-order valence-corrected chi connectivity index (χ1v) is 6.80. The number of hydrogen-bond acceptors (Lipinski definition) is 5. The minimum atomic E-state index is 0.0160. The average Bonchev–Trinajstić information content (AvgIpc) is 2.72. The van der Waals surface area contributed by atoms with Gasteiger partial charge >= 0.3 is 0 Å². The average molecular weight is 313 g/mol. The van der Waals surface area contributed by atoms with Gasteiger partial charge in [0, 0.05) is 17.5 Å². The number of halogens is 1. The van der Waals surface area contributed by atoms with Gasteiger partial charge in [-0.2, -0.15) is 0 Å². The van der Waals surface area contributed by atoms with Gasteiger partial charge in [0.25, 0.3) is 0 Å². The molecule has 0 bridgehead atoms. The van der Waals surface area contributed by atoms with Crippen LogP contribution < -0.4 is 11.3 Å². The number of nitrogens with zero attached hydrogens (tertiary/aromatic N) is 2. The summed E-state index contributed by atoms with van der Waals surface area (Å²) in [5.41, 5.74) is 3.73. The normalized spacial score (nSPS) is 12.6. The van der Waals surface area contributed by atoms with Crippen molar-refractivity contribution in [2.75, 3.05) is 0 Å². The summed E-state index contributed by atoms with van der Waals surface area (Å²) in [4.78, 5) is 9.73. The van der Waals surface area contributed by atoms with Gasteiger partial charge in [0.15, 0.2) is 0 Å². The highest BCUT2D eigenvalue weighted by Crippen LogP contribution is 2.26. The standard InChI is InChI=1S/C11H13BrN4S/c1-7-14-5-4-9(15-7)10(16-13)6-8-2-3-11(12)17-8/h2-5,10,16H,6,13H2,1H3. The molecular weight excluding hydrogens is 300 g/mol. The highest BCUT2D eigenvalue weighted by Gasteiger charge is 2.13. The fraction of sp³-hybridized carbons (Fsp3) is 0.273. The van der Waals surface area contributed by atoms with Crippen LogP contribution in [0.1, 0.15) is 22.4 Å². The van der Waals surface area contributed by atoms with E-state index in [2.05, 4.69) is 37.4 Å². The molecule has 0 aliphatic heterocycles. The van der Waals surface area contributed by atoms with Gasteiger partial charge in [-0.25, -0.2) is 9.97 Å². The molecule has 2 aromatic rings. The molecule has 6 heteroatoms. The van der Waals surface area contributed by atoms with Crippen molar-refractivity contribution in [3.05, 3.63) is 44.6 Å². The van der Waals surface area contributed by atoms with Gasteiger partial charge in [0.1, 0.15) is 5.82 Å². The van der Waals surface area contributed by atoms with E-state index in [1.54, 1.807) is 17.5 Å². The van der Waals surface area contributed by atoms with Crippen molar-refractivity contribution in [1.82, 2.24) is 15.4 Å². The van der Waals surface area contributed by atoms with Crippen molar-refractivity contribution in [3.63, 3.8) is 0 Å². The summed E-state index contributed by atoms with van der Waals surface area (Å²) >= 11 is 5.16. The van der Waals surface area contributed by atoms with E-state index < -0.39 is 0 Å². The molecule has 0 aliphatic rings. The lowest BCUT2D eigenvalue weighted by Gasteiger charge is -2.14. The second-order valence-electron chi connectivity index (χ2n) is 3.66. The lowest BCUT2D eigenvalue weighted by molar-refractivity contribution is 0.539. The first kappa shape index (κ1) is 12.6. The number of hydrogen-bond donors (Lipinski definition) is 2. The quantitative estimate of drug-likeness (QED) is 0.672. The number of thiophene rings is 1. The largest absolute Gasteiger partial charge is 0.271 e. The molecule has 90 valence electrons. The van der Waals surface area contributed by atoms with Gasteiger partial charge < -0.3 is 0 Å². The van der Waals surface area contributed by atoms with Crippen LogP contribution in [0.3, 0.4) is 0 Å². The van der Waals surface area contributed by atoms with Crippen LogP contribution in [-0.4, -0.2) is 9.97 Å². The molecule has 1 unspecified atom stereocenters. The molecule has 0 aromatic carbocycles. The van der Waals surface area contributed by atoms with E-state index in [4.69, 9.17) is 5.84 Å². The predicted octanol–water partition coefficient (Wildman–Crippen LogP) is 2.36. The van der Waals surface area contributed by atoms with Gasteiger partial charge in [-0.15, -0.1) is 11.3 Å². The molecule has 17 heavy (non-hydrogen) atoms. The van der Waals surface area contributed by atoms with Crippen LogP contribution in [-0.2, 0) is 6.42 Å². The zero-order valence-corrected chi connectivity index (χ0v) is 11.8. The van der Waals surface area contributed by atoms with Gasteiger partial charge in [-0.3, -0.25) is 11.3 Å². The molecule has 2 heterocycles. The Morgan fingerprint density at radius 1 is 1.47 bits per heavy atom. The first-order chi connectivity index (χ1) is 8.19. The summed E-state index contributed by atoms with van der Waals surface area (Å²) in [6.07, 6.45) is 2.58. The third kappa shape index (κ3) is 3.32. The fourth-order valence-electron chi connectivity index (χ4n) is 1.58. The number of aromatic nitrogens is 2. The smallest absolute Gasteiger partial charge is 0.125 e. The van der Waals surface area contributed by atoms with Crippen molar-refractivity contribution >= 4 is 27.3 Å². The molecule has 1 atom stereocenters. The van der Waals surface area contributed by atoms with E-state index in [1.807, 2.05) is 19.1 Å². The van der Waals surface area contributed by atoms with E-state index in [1.165, 1.54) is 4.88 Å². The maximum absolute atomic E-state index is 5.59. The molecule has 4 nitrogen and oxygen atoms in total. The molecule has 3 N–H and O–H groups in total. The van der Waals surface area contributed by atoms with Gasteiger partial charge in [-0.1, -0.05) is 0 Å². The molecule has 2 rings (SSSR count). The zero-order chi connectivity index (χ0) is 12.3. The summed E-state index contributed by atoms with van der Waals surface area (Å²) in [6, 6.07) is 6.04. The number of nitrogens with one attached hydrogen (secondary N) is 1. The van der Waals surface area contributed by atoms with Gasteiger partial charge in [0.05, 0.1) is 15.5 Å². The van der Waals surface area contributed by atoms with Gasteiger partial charge in [-0.05, 0) is 41.1 Å². The maximum atomic E-state index is 5.59. The molecule has 0 radical (unpaired) electrons. The Hall–Kier alpha value is -0.820. The van der Waals surface area contributed by atoms with Crippen LogP contribution in [0.2, 0.25) is 0 Å². The van der Waals surface area contributed by atoms with Gasteiger partial charge in [0.2, 0.25) is 0 Å². The third-order valence-corrected chi connectivity index (χ3v) is 4.04. The highest BCUT2D eigenvalue weighted by atomic mass is 79.9. The molecule has 0 aliphatic carbocycles. The van der Waals surface area contributed by atoms with Crippen LogP contribution in [0.15, 0.2) is 28.2 Å². The van der Waals surface area contributed by atoms with Crippen LogP contribution >= 0.6 is 27.3 Å². The SMILES string of the molecule is Cc1nccc(C(Cc2ccc(Br)s2)NN)n1. The maximum Gasteiger partial charge on any atom is 0.125 e. The van der Waals surface area contributed by atoms with E-state index in [0.717, 1.165) is 21.7 Å². The molecule has 0 amide bonds. The summed E-state index contributed by atoms with van der Waals surface area (Å²) in [5.74, 6) is 6.35. The molecule has 2 aromatic heterocycles. The topological polar surface area (TPSA) is 63.8 Å². The number of aryl methyl sites for hydroxylation is 1.